The van der Waals surface area contributed by atoms with Crippen LogP contribution in [0.15, 0.2) is 16.7 Å². The van der Waals surface area contributed by atoms with E-state index in [4.69, 9.17) is 5.11 Å². The molecule has 2 unspecified atom stereocenters. The molecule has 0 aromatic carbocycles. The highest BCUT2D eigenvalue weighted by Gasteiger charge is 2.29. The van der Waals surface area contributed by atoms with Crippen LogP contribution in [0, 0.1) is 6.92 Å². The zero-order valence-corrected chi connectivity index (χ0v) is 14.0. The molecule has 0 amide bonds. The third kappa shape index (κ3) is 2.84. The van der Waals surface area contributed by atoms with Gasteiger partial charge in [0, 0.05) is 42.4 Å². The van der Waals surface area contributed by atoms with E-state index in [0.29, 0.717) is 12.1 Å². The first-order chi connectivity index (χ1) is 10.1. The number of halogens is 1. The van der Waals surface area contributed by atoms with Crippen LogP contribution in [0.5, 0.6) is 0 Å². The van der Waals surface area contributed by atoms with E-state index in [-0.39, 0.29) is 6.61 Å². The van der Waals surface area contributed by atoms with Crippen LogP contribution in [0.2, 0.25) is 0 Å². The number of aromatic nitrogens is 3. The van der Waals surface area contributed by atoms with Gasteiger partial charge in [-0.25, -0.2) is 9.97 Å². The number of imidazole rings is 1. The van der Waals surface area contributed by atoms with Gasteiger partial charge in [0.25, 0.3) is 0 Å². The first kappa shape index (κ1) is 14.9. The summed E-state index contributed by atoms with van der Waals surface area (Å²) >= 11 is 3.50. The number of aliphatic hydroxyl groups excluding tert-OH is 1. The Kier molecular flexibility index (Phi) is 4.28. The molecule has 3 heterocycles. The average Bonchev–Trinajstić information content (AvgIpc) is 3.02. The summed E-state index contributed by atoms with van der Waals surface area (Å²) in [6, 6.07) is 2.97. The summed E-state index contributed by atoms with van der Waals surface area (Å²) in [7, 11) is 0. The van der Waals surface area contributed by atoms with E-state index in [1.54, 1.807) is 6.20 Å². The fourth-order valence-electron chi connectivity index (χ4n) is 3.28. The van der Waals surface area contributed by atoms with E-state index in [2.05, 4.69) is 55.3 Å². The number of aliphatic hydroxyl groups is 1. The SMILES string of the molecule is Cc1nc2ncc(Br)cc2n1C1CCN(C(C)CCO)C1. The van der Waals surface area contributed by atoms with Crippen molar-refractivity contribution >= 4 is 27.1 Å². The predicted octanol–water partition coefficient (Wildman–Crippen LogP) is 2.52. The molecule has 1 saturated heterocycles. The van der Waals surface area contributed by atoms with Crippen LogP contribution in [-0.4, -0.2) is 50.3 Å². The van der Waals surface area contributed by atoms with Crippen LogP contribution < -0.4 is 0 Å². The molecule has 0 spiro atoms. The van der Waals surface area contributed by atoms with Gasteiger partial charge in [0.1, 0.15) is 5.82 Å². The molecule has 5 nitrogen and oxygen atoms in total. The summed E-state index contributed by atoms with van der Waals surface area (Å²) in [5.74, 6) is 1.03. The van der Waals surface area contributed by atoms with Gasteiger partial charge in [0.2, 0.25) is 0 Å². The van der Waals surface area contributed by atoms with Crippen LogP contribution in [0.1, 0.15) is 31.6 Å². The molecule has 0 aliphatic carbocycles. The van der Waals surface area contributed by atoms with Crippen molar-refractivity contribution in [2.24, 2.45) is 0 Å². The normalized spacial score (nSPS) is 21.2. The van der Waals surface area contributed by atoms with E-state index in [1.165, 1.54) is 0 Å². The number of hydrogen-bond donors (Lipinski definition) is 1. The van der Waals surface area contributed by atoms with Gasteiger partial charge in [-0.3, -0.25) is 4.90 Å². The van der Waals surface area contributed by atoms with Gasteiger partial charge in [-0.15, -0.1) is 0 Å². The Labute approximate surface area is 133 Å². The maximum atomic E-state index is 9.11. The van der Waals surface area contributed by atoms with Crippen LogP contribution in [0.3, 0.4) is 0 Å². The van der Waals surface area contributed by atoms with Gasteiger partial charge in [0.05, 0.1) is 5.52 Å². The Morgan fingerprint density at radius 1 is 1.52 bits per heavy atom. The zero-order valence-electron chi connectivity index (χ0n) is 12.5. The molecule has 1 fully saturated rings. The molecule has 21 heavy (non-hydrogen) atoms. The monoisotopic (exact) mass is 352 g/mol. The summed E-state index contributed by atoms with van der Waals surface area (Å²) in [4.78, 5) is 11.4. The summed E-state index contributed by atoms with van der Waals surface area (Å²) in [6.07, 6.45) is 3.75. The number of nitrogens with zero attached hydrogens (tertiary/aromatic N) is 4. The minimum atomic E-state index is 0.256. The molecule has 2 atom stereocenters. The van der Waals surface area contributed by atoms with Crippen molar-refractivity contribution in [3.8, 4) is 0 Å². The molecule has 0 radical (unpaired) electrons. The fraction of sp³-hybridized carbons (Fsp3) is 0.600. The van der Waals surface area contributed by atoms with E-state index in [1.807, 2.05) is 0 Å². The Bertz CT molecular complexity index is 642. The molecule has 3 rings (SSSR count). The molecule has 1 aliphatic rings. The molecule has 1 aliphatic heterocycles. The van der Waals surface area contributed by atoms with Gasteiger partial charge >= 0.3 is 0 Å². The van der Waals surface area contributed by atoms with Crippen molar-refractivity contribution in [2.45, 2.75) is 38.8 Å². The van der Waals surface area contributed by atoms with Gasteiger partial charge < -0.3 is 9.67 Å². The first-order valence-electron chi connectivity index (χ1n) is 7.45. The molecular weight excluding hydrogens is 332 g/mol. The Morgan fingerprint density at radius 3 is 3.10 bits per heavy atom. The van der Waals surface area contributed by atoms with Crippen molar-refractivity contribution in [1.82, 2.24) is 19.4 Å². The van der Waals surface area contributed by atoms with E-state index >= 15 is 0 Å². The minimum absolute atomic E-state index is 0.256. The van der Waals surface area contributed by atoms with Gasteiger partial charge in [0.15, 0.2) is 5.65 Å². The number of aryl methyl sites for hydroxylation is 1. The second kappa shape index (κ2) is 6.02. The zero-order chi connectivity index (χ0) is 15.0. The van der Waals surface area contributed by atoms with Crippen molar-refractivity contribution in [3.63, 3.8) is 0 Å². The Balaban J connectivity index is 1.88. The molecule has 114 valence electrons. The van der Waals surface area contributed by atoms with E-state index in [0.717, 1.165) is 47.4 Å². The fourth-order valence-corrected chi connectivity index (χ4v) is 3.59. The third-order valence-electron chi connectivity index (χ3n) is 4.42. The summed E-state index contributed by atoms with van der Waals surface area (Å²) in [5, 5.41) is 9.11. The summed E-state index contributed by atoms with van der Waals surface area (Å²) in [6.45, 7) is 6.59. The molecule has 2 aromatic heterocycles. The van der Waals surface area contributed by atoms with Gasteiger partial charge in [-0.2, -0.15) is 0 Å². The van der Waals surface area contributed by atoms with E-state index in [9.17, 15) is 0 Å². The number of hydrogen-bond acceptors (Lipinski definition) is 4. The topological polar surface area (TPSA) is 54.2 Å². The maximum absolute atomic E-state index is 9.11. The van der Waals surface area contributed by atoms with Crippen molar-refractivity contribution in [3.05, 3.63) is 22.6 Å². The average molecular weight is 353 g/mol. The lowest BCUT2D eigenvalue weighted by molar-refractivity contribution is 0.191. The predicted molar refractivity (Wildman–Crippen MR) is 86.4 cm³/mol. The highest BCUT2D eigenvalue weighted by molar-refractivity contribution is 9.10. The Hall–Kier alpha value is -0.980. The highest BCUT2D eigenvalue weighted by Crippen LogP contribution is 2.29. The smallest absolute Gasteiger partial charge is 0.177 e. The first-order valence-corrected chi connectivity index (χ1v) is 8.24. The molecule has 1 N–H and O–H groups in total. The lowest BCUT2D eigenvalue weighted by atomic mass is 10.2. The van der Waals surface area contributed by atoms with Crippen LogP contribution in [-0.2, 0) is 0 Å². The van der Waals surface area contributed by atoms with Crippen molar-refractivity contribution in [1.29, 1.82) is 0 Å². The number of likely N-dealkylation sites (tertiary alicyclic amines) is 1. The molecule has 6 heteroatoms. The number of pyridine rings is 1. The maximum Gasteiger partial charge on any atom is 0.177 e. The highest BCUT2D eigenvalue weighted by atomic mass is 79.9. The second-order valence-electron chi connectivity index (χ2n) is 5.82. The molecular formula is C15H21BrN4O. The molecule has 0 bridgehead atoms. The number of fused-ring (bicyclic) bond motifs is 1. The largest absolute Gasteiger partial charge is 0.396 e. The quantitative estimate of drug-likeness (QED) is 0.918. The Morgan fingerprint density at radius 2 is 2.33 bits per heavy atom. The third-order valence-corrected chi connectivity index (χ3v) is 4.85. The summed E-state index contributed by atoms with van der Waals surface area (Å²) < 4.78 is 3.30. The molecule has 0 saturated carbocycles. The van der Waals surface area contributed by atoms with Crippen LogP contribution >= 0.6 is 15.9 Å². The second-order valence-corrected chi connectivity index (χ2v) is 6.74. The lowest BCUT2D eigenvalue weighted by Crippen LogP contribution is -2.32. The van der Waals surface area contributed by atoms with Crippen LogP contribution in [0.4, 0.5) is 0 Å². The minimum Gasteiger partial charge on any atom is -0.396 e. The lowest BCUT2D eigenvalue weighted by Gasteiger charge is -2.24. The molecule has 2 aromatic rings. The van der Waals surface area contributed by atoms with Gasteiger partial charge in [-0.05, 0) is 48.7 Å². The number of rotatable bonds is 4. The van der Waals surface area contributed by atoms with E-state index < -0.39 is 0 Å². The summed E-state index contributed by atoms with van der Waals surface area (Å²) in [5.41, 5.74) is 1.92. The standard InChI is InChI=1S/C15H21BrN4O/c1-10(4-6-21)19-5-3-13(9-19)20-11(2)18-15-14(20)7-12(16)8-17-15/h7-8,10,13,21H,3-6,9H2,1-2H3. The van der Waals surface area contributed by atoms with Crippen LogP contribution in [0.25, 0.3) is 11.2 Å². The van der Waals surface area contributed by atoms with Gasteiger partial charge in [-0.1, -0.05) is 0 Å². The van der Waals surface area contributed by atoms with Crippen molar-refractivity contribution in [2.75, 3.05) is 19.7 Å². The van der Waals surface area contributed by atoms with Crippen molar-refractivity contribution < 1.29 is 5.11 Å².